The van der Waals surface area contributed by atoms with E-state index in [-0.39, 0.29) is 10.8 Å². The zero-order valence-electron chi connectivity index (χ0n) is 12.6. The van der Waals surface area contributed by atoms with Crippen molar-refractivity contribution < 1.29 is 18.0 Å². The van der Waals surface area contributed by atoms with Crippen molar-refractivity contribution in [1.82, 2.24) is 9.38 Å². The molecule has 0 radical (unpaired) electrons. The third-order valence-electron chi connectivity index (χ3n) is 3.37. The molecule has 1 N–H and O–H groups in total. The molecular weight excluding hydrogens is 355 g/mol. The summed E-state index contributed by atoms with van der Waals surface area (Å²) in [6.45, 7) is 0. The van der Waals surface area contributed by atoms with Gasteiger partial charge in [0.25, 0.3) is 0 Å². The Balaban J connectivity index is 1.78. The van der Waals surface area contributed by atoms with Crippen LogP contribution < -0.4 is 5.32 Å². The second-order valence-corrected chi connectivity index (χ2v) is 5.48. The van der Waals surface area contributed by atoms with Crippen molar-refractivity contribution >= 4 is 34.9 Å². The molecule has 128 valence electrons. The van der Waals surface area contributed by atoms with Crippen LogP contribution >= 0.6 is 11.6 Å². The minimum Gasteiger partial charge on any atom is -0.322 e. The van der Waals surface area contributed by atoms with Gasteiger partial charge in [-0.2, -0.15) is 13.2 Å². The highest BCUT2D eigenvalue weighted by Gasteiger charge is 2.30. The Kier molecular flexibility index (Phi) is 4.50. The Morgan fingerprint density at radius 1 is 1.20 bits per heavy atom. The molecule has 3 aromatic rings. The van der Waals surface area contributed by atoms with E-state index in [9.17, 15) is 18.0 Å². The van der Waals surface area contributed by atoms with Crippen LogP contribution in [0, 0.1) is 0 Å². The zero-order chi connectivity index (χ0) is 18.0. The molecule has 0 aliphatic heterocycles. The van der Waals surface area contributed by atoms with Crippen molar-refractivity contribution in [1.29, 1.82) is 0 Å². The SMILES string of the molecule is O=C(/C=C/c1c(Cl)nc2ccccn12)Nc1cccc(C(F)(F)F)c1. The normalized spacial score (nSPS) is 12.0. The molecule has 25 heavy (non-hydrogen) atoms. The molecule has 8 heteroatoms. The van der Waals surface area contributed by atoms with Gasteiger partial charge in [-0.15, -0.1) is 0 Å². The number of hydrogen-bond donors (Lipinski definition) is 1. The van der Waals surface area contributed by atoms with Gasteiger partial charge in [-0.3, -0.25) is 9.20 Å². The summed E-state index contributed by atoms with van der Waals surface area (Å²) in [7, 11) is 0. The summed E-state index contributed by atoms with van der Waals surface area (Å²) in [4.78, 5) is 16.1. The summed E-state index contributed by atoms with van der Waals surface area (Å²) >= 11 is 6.04. The molecule has 0 aliphatic carbocycles. The van der Waals surface area contributed by atoms with E-state index in [1.165, 1.54) is 24.3 Å². The van der Waals surface area contributed by atoms with E-state index in [0.29, 0.717) is 11.3 Å². The minimum atomic E-state index is -4.47. The Morgan fingerprint density at radius 3 is 2.76 bits per heavy atom. The summed E-state index contributed by atoms with van der Waals surface area (Å²) in [5, 5.41) is 2.60. The lowest BCUT2D eigenvalue weighted by molar-refractivity contribution is -0.137. The summed E-state index contributed by atoms with van der Waals surface area (Å²) in [6, 6.07) is 9.74. The lowest BCUT2D eigenvalue weighted by Crippen LogP contribution is -2.10. The van der Waals surface area contributed by atoms with Crippen molar-refractivity contribution in [3.05, 3.63) is 71.1 Å². The van der Waals surface area contributed by atoms with Gasteiger partial charge in [0.1, 0.15) is 5.65 Å². The fourth-order valence-corrected chi connectivity index (χ4v) is 2.49. The molecule has 3 rings (SSSR count). The molecular formula is C17H11ClF3N3O. The number of amides is 1. The number of imidazole rings is 1. The van der Waals surface area contributed by atoms with Crippen molar-refractivity contribution in [2.75, 3.05) is 5.32 Å². The first-order chi connectivity index (χ1) is 11.8. The monoisotopic (exact) mass is 365 g/mol. The van der Waals surface area contributed by atoms with Gasteiger partial charge >= 0.3 is 6.18 Å². The number of carbonyl (C=O) groups is 1. The number of anilines is 1. The van der Waals surface area contributed by atoms with E-state index in [0.717, 1.165) is 12.1 Å². The Bertz CT molecular complexity index is 963. The number of carbonyl (C=O) groups excluding carboxylic acids is 1. The van der Waals surface area contributed by atoms with Gasteiger partial charge < -0.3 is 5.32 Å². The standard InChI is InChI=1S/C17H11ClF3N3O/c18-16-13(24-9-2-1-6-14(24)23-16)7-8-15(25)22-12-5-3-4-11(10-12)17(19,20)21/h1-10H,(H,22,25)/b8-7+. The number of pyridine rings is 1. The number of halogens is 4. The fourth-order valence-electron chi connectivity index (χ4n) is 2.25. The van der Waals surface area contributed by atoms with Crippen LogP contribution in [-0.4, -0.2) is 15.3 Å². The second-order valence-electron chi connectivity index (χ2n) is 5.12. The highest BCUT2D eigenvalue weighted by atomic mass is 35.5. The molecule has 0 atom stereocenters. The number of nitrogens with zero attached hydrogens (tertiary/aromatic N) is 2. The van der Waals surface area contributed by atoms with Crippen molar-refractivity contribution in [3.8, 4) is 0 Å². The maximum Gasteiger partial charge on any atom is 0.416 e. The van der Waals surface area contributed by atoms with Gasteiger partial charge in [0.05, 0.1) is 11.3 Å². The fraction of sp³-hybridized carbons (Fsp3) is 0.0588. The van der Waals surface area contributed by atoms with Gasteiger partial charge in [0.15, 0.2) is 5.15 Å². The van der Waals surface area contributed by atoms with Crippen LogP contribution in [-0.2, 0) is 11.0 Å². The number of alkyl halides is 3. The predicted octanol–water partition coefficient (Wildman–Crippen LogP) is 4.66. The molecule has 0 fully saturated rings. The zero-order valence-corrected chi connectivity index (χ0v) is 13.3. The Labute approximate surface area is 145 Å². The first-order valence-electron chi connectivity index (χ1n) is 7.13. The highest BCUT2D eigenvalue weighted by molar-refractivity contribution is 6.31. The van der Waals surface area contributed by atoms with E-state index < -0.39 is 17.6 Å². The molecule has 1 aromatic carbocycles. The van der Waals surface area contributed by atoms with Crippen LogP contribution in [0.25, 0.3) is 11.7 Å². The van der Waals surface area contributed by atoms with Gasteiger partial charge in [-0.1, -0.05) is 23.7 Å². The van der Waals surface area contributed by atoms with Crippen molar-refractivity contribution in [2.24, 2.45) is 0 Å². The Morgan fingerprint density at radius 2 is 2.00 bits per heavy atom. The highest BCUT2D eigenvalue weighted by Crippen LogP contribution is 2.30. The Hall–Kier alpha value is -2.80. The molecule has 0 saturated carbocycles. The average Bonchev–Trinajstić information content (AvgIpc) is 2.87. The maximum absolute atomic E-state index is 12.7. The van der Waals surface area contributed by atoms with Crippen LogP contribution in [0.5, 0.6) is 0 Å². The van der Waals surface area contributed by atoms with Gasteiger partial charge in [-0.25, -0.2) is 4.98 Å². The third-order valence-corrected chi connectivity index (χ3v) is 3.65. The lowest BCUT2D eigenvalue weighted by atomic mass is 10.2. The molecule has 0 unspecified atom stereocenters. The van der Waals surface area contributed by atoms with Gasteiger partial charge in [-0.05, 0) is 36.4 Å². The van der Waals surface area contributed by atoms with Gasteiger partial charge in [0, 0.05) is 18.0 Å². The molecule has 2 heterocycles. The summed E-state index contributed by atoms with van der Waals surface area (Å²) in [5.41, 5.74) is 0.328. The molecule has 0 aliphatic rings. The number of hydrogen-bond acceptors (Lipinski definition) is 2. The van der Waals surface area contributed by atoms with E-state index in [1.807, 2.05) is 0 Å². The molecule has 0 spiro atoms. The predicted molar refractivity (Wildman–Crippen MR) is 89.3 cm³/mol. The third kappa shape index (κ3) is 3.83. The summed E-state index contributed by atoms with van der Waals surface area (Å²) in [5.74, 6) is -0.582. The van der Waals surface area contributed by atoms with Crippen molar-refractivity contribution in [3.63, 3.8) is 0 Å². The van der Waals surface area contributed by atoms with Crippen LogP contribution in [0.3, 0.4) is 0 Å². The number of benzene rings is 1. The van der Waals surface area contributed by atoms with Crippen LogP contribution in [0.4, 0.5) is 18.9 Å². The maximum atomic E-state index is 12.7. The largest absolute Gasteiger partial charge is 0.416 e. The molecule has 1 amide bonds. The first-order valence-corrected chi connectivity index (χ1v) is 7.51. The number of fused-ring (bicyclic) bond motifs is 1. The van der Waals surface area contributed by atoms with E-state index in [4.69, 9.17) is 11.6 Å². The van der Waals surface area contributed by atoms with Gasteiger partial charge in [0.2, 0.25) is 5.91 Å². The molecule has 0 bridgehead atoms. The van der Waals surface area contributed by atoms with Crippen LogP contribution in [0.15, 0.2) is 54.7 Å². The summed E-state index contributed by atoms with van der Waals surface area (Å²) < 4.78 is 39.7. The lowest BCUT2D eigenvalue weighted by Gasteiger charge is -2.08. The number of nitrogens with one attached hydrogen (secondary N) is 1. The quantitative estimate of drug-likeness (QED) is 0.686. The average molecular weight is 366 g/mol. The molecule has 4 nitrogen and oxygen atoms in total. The van der Waals surface area contributed by atoms with E-state index in [2.05, 4.69) is 10.3 Å². The number of rotatable bonds is 3. The van der Waals surface area contributed by atoms with Crippen LogP contribution in [0.1, 0.15) is 11.3 Å². The van der Waals surface area contributed by atoms with Crippen molar-refractivity contribution in [2.45, 2.75) is 6.18 Å². The smallest absolute Gasteiger partial charge is 0.322 e. The molecule has 2 aromatic heterocycles. The minimum absolute atomic E-state index is 0.0497. The topological polar surface area (TPSA) is 46.4 Å². The summed E-state index contributed by atoms with van der Waals surface area (Å²) in [6.07, 6.45) is -0.104. The molecule has 0 saturated heterocycles. The first kappa shape index (κ1) is 17.0. The van der Waals surface area contributed by atoms with Crippen LogP contribution in [0.2, 0.25) is 5.15 Å². The van der Waals surface area contributed by atoms with E-state index in [1.54, 1.807) is 28.8 Å². The second kappa shape index (κ2) is 6.60. The number of aromatic nitrogens is 2. The van der Waals surface area contributed by atoms with E-state index >= 15 is 0 Å².